The molecule has 0 radical (unpaired) electrons. The lowest BCUT2D eigenvalue weighted by molar-refractivity contribution is -0.0147. The van der Waals surface area contributed by atoms with Gasteiger partial charge in [-0.05, 0) is 43.9 Å². The Hall–Kier alpha value is -0.160. The van der Waals surface area contributed by atoms with E-state index in [9.17, 15) is 5.11 Å². The second kappa shape index (κ2) is 6.85. The normalized spacial score (nSPS) is 34.0. The van der Waals surface area contributed by atoms with E-state index in [1.54, 1.807) is 0 Å². The van der Waals surface area contributed by atoms with E-state index in [2.05, 4.69) is 0 Å². The molecule has 1 aliphatic heterocycles. The predicted molar refractivity (Wildman–Crippen MR) is 70.3 cm³/mol. The van der Waals surface area contributed by atoms with Crippen LogP contribution < -0.4 is 5.73 Å². The van der Waals surface area contributed by atoms with Crippen molar-refractivity contribution in [3.05, 3.63) is 0 Å². The Morgan fingerprint density at radius 3 is 2.78 bits per heavy atom. The van der Waals surface area contributed by atoms with Gasteiger partial charge < -0.3 is 20.3 Å². The Morgan fingerprint density at radius 1 is 1.28 bits per heavy atom. The van der Waals surface area contributed by atoms with Crippen LogP contribution >= 0.6 is 0 Å². The molecule has 18 heavy (non-hydrogen) atoms. The van der Waals surface area contributed by atoms with Crippen molar-refractivity contribution in [2.75, 3.05) is 33.0 Å². The van der Waals surface area contributed by atoms with Crippen LogP contribution in [0.1, 0.15) is 38.5 Å². The first kappa shape index (κ1) is 14.3. The minimum Gasteiger partial charge on any atom is -0.388 e. The average Bonchev–Trinajstić information content (AvgIpc) is 2.78. The molecule has 2 fully saturated rings. The first-order chi connectivity index (χ1) is 8.74. The zero-order valence-electron chi connectivity index (χ0n) is 11.3. The van der Waals surface area contributed by atoms with Crippen LogP contribution in [0.4, 0.5) is 0 Å². The topological polar surface area (TPSA) is 64.7 Å². The van der Waals surface area contributed by atoms with Gasteiger partial charge in [-0.3, -0.25) is 0 Å². The average molecular weight is 257 g/mol. The zero-order chi connectivity index (χ0) is 12.8. The molecule has 0 amide bonds. The summed E-state index contributed by atoms with van der Waals surface area (Å²) < 4.78 is 11.1. The van der Waals surface area contributed by atoms with Crippen LogP contribution in [0.25, 0.3) is 0 Å². The molecular formula is C14H27NO3. The molecular weight excluding hydrogens is 230 g/mol. The number of aliphatic hydroxyl groups is 1. The number of hydrogen-bond donors (Lipinski definition) is 2. The number of hydrogen-bond acceptors (Lipinski definition) is 4. The molecule has 2 unspecified atom stereocenters. The van der Waals surface area contributed by atoms with Crippen LogP contribution in [0.15, 0.2) is 0 Å². The Balaban J connectivity index is 1.60. The van der Waals surface area contributed by atoms with E-state index < -0.39 is 5.60 Å². The van der Waals surface area contributed by atoms with Crippen molar-refractivity contribution in [1.82, 2.24) is 0 Å². The van der Waals surface area contributed by atoms with Gasteiger partial charge in [0, 0.05) is 33.0 Å². The van der Waals surface area contributed by atoms with Gasteiger partial charge in [-0.25, -0.2) is 0 Å². The Labute approximate surface area is 110 Å². The molecule has 3 N–H and O–H groups in total. The standard InChI is InChI=1S/C14H27NO3/c15-11-14(16)6-1-2-13(14)5-9-18-10-12-3-7-17-8-4-12/h12-13,16H,1-11,15H2. The van der Waals surface area contributed by atoms with E-state index in [0.29, 0.717) is 18.4 Å². The Bertz CT molecular complexity index is 243. The second-order valence-corrected chi connectivity index (χ2v) is 5.82. The van der Waals surface area contributed by atoms with Crippen molar-refractivity contribution in [3.8, 4) is 0 Å². The van der Waals surface area contributed by atoms with E-state index in [0.717, 1.165) is 65.0 Å². The van der Waals surface area contributed by atoms with Crippen LogP contribution in [0.3, 0.4) is 0 Å². The van der Waals surface area contributed by atoms with Gasteiger partial charge in [0.1, 0.15) is 0 Å². The predicted octanol–water partition coefficient (Wildman–Crippen LogP) is 1.31. The summed E-state index contributed by atoms with van der Waals surface area (Å²) in [7, 11) is 0. The summed E-state index contributed by atoms with van der Waals surface area (Å²) in [5, 5.41) is 10.3. The van der Waals surface area contributed by atoms with E-state index in [1.807, 2.05) is 0 Å². The molecule has 2 aliphatic rings. The summed E-state index contributed by atoms with van der Waals surface area (Å²) in [6.45, 7) is 3.74. The molecule has 1 saturated carbocycles. The van der Waals surface area contributed by atoms with E-state index in [-0.39, 0.29) is 0 Å². The zero-order valence-corrected chi connectivity index (χ0v) is 11.3. The lowest BCUT2D eigenvalue weighted by Gasteiger charge is -2.29. The van der Waals surface area contributed by atoms with Gasteiger partial charge >= 0.3 is 0 Å². The largest absolute Gasteiger partial charge is 0.388 e. The van der Waals surface area contributed by atoms with Crippen LogP contribution in [-0.4, -0.2) is 43.7 Å². The smallest absolute Gasteiger partial charge is 0.0798 e. The highest BCUT2D eigenvalue weighted by molar-refractivity contribution is 4.92. The highest BCUT2D eigenvalue weighted by Crippen LogP contribution is 2.37. The van der Waals surface area contributed by atoms with Crippen LogP contribution in [0.5, 0.6) is 0 Å². The summed E-state index contributed by atoms with van der Waals surface area (Å²) >= 11 is 0. The maximum atomic E-state index is 10.3. The van der Waals surface area contributed by atoms with Crippen LogP contribution in [0.2, 0.25) is 0 Å². The molecule has 0 bridgehead atoms. The van der Waals surface area contributed by atoms with Gasteiger partial charge in [0.25, 0.3) is 0 Å². The summed E-state index contributed by atoms with van der Waals surface area (Å²) in [4.78, 5) is 0. The van der Waals surface area contributed by atoms with Gasteiger partial charge in [-0.15, -0.1) is 0 Å². The molecule has 2 atom stereocenters. The van der Waals surface area contributed by atoms with Gasteiger partial charge in [0.2, 0.25) is 0 Å². The molecule has 1 saturated heterocycles. The lowest BCUT2D eigenvalue weighted by atomic mass is 9.88. The maximum absolute atomic E-state index is 10.3. The molecule has 2 rings (SSSR count). The van der Waals surface area contributed by atoms with Crippen molar-refractivity contribution in [1.29, 1.82) is 0 Å². The van der Waals surface area contributed by atoms with Crippen LogP contribution in [0, 0.1) is 11.8 Å². The van der Waals surface area contributed by atoms with E-state index >= 15 is 0 Å². The second-order valence-electron chi connectivity index (χ2n) is 5.82. The van der Waals surface area contributed by atoms with Crippen molar-refractivity contribution >= 4 is 0 Å². The van der Waals surface area contributed by atoms with E-state index in [4.69, 9.17) is 15.2 Å². The SMILES string of the molecule is NCC1(O)CCCC1CCOCC1CCOCC1. The summed E-state index contributed by atoms with van der Waals surface area (Å²) in [6.07, 6.45) is 6.23. The molecule has 4 heteroatoms. The fourth-order valence-electron chi connectivity index (χ4n) is 3.20. The fourth-order valence-corrected chi connectivity index (χ4v) is 3.20. The summed E-state index contributed by atoms with van der Waals surface area (Å²) in [5.41, 5.74) is 5.05. The Kier molecular flexibility index (Phi) is 5.42. The minimum absolute atomic E-state index is 0.331. The third kappa shape index (κ3) is 3.67. The van der Waals surface area contributed by atoms with Crippen LogP contribution in [-0.2, 0) is 9.47 Å². The molecule has 0 aromatic rings. The van der Waals surface area contributed by atoms with Gasteiger partial charge in [0.15, 0.2) is 0 Å². The highest BCUT2D eigenvalue weighted by Gasteiger charge is 2.39. The van der Waals surface area contributed by atoms with Crippen molar-refractivity contribution < 1.29 is 14.6 Å². The van der Waals surface area contributed by atoms with Crippen molar-refractivity contribution in [2.45, 2.75) is 44.1 Å². The maximum Gasteiger partial charge on any atom is 0.0798 e. The summed E-state index contributed by atoms with van der Waals surface area (Å²) in [5.74, 6) is 0.993. The van der Waals surface area contributed by atoms with Crippen molar-refractivity contribution in [2.24, 2.45) is 17.6 Å². The molecule has 0 aromatic heterocycles. The van der Waals surface area contributed by atoms with E-state index in [1.165, 1.54) is 0 Å². The summed E-state index contributed by atoms with van der Waals surface area (Å²) in [6, 6.07) is 0. The first-order valence-electron chi connectivity index (χ1n) is 7.32. The number of nitrogens with two attached hydrogens (primary N) is 1. The molecule has 1 heterocycles. The molecule has 106 valence electrons. The van der Waals surface area contributed by atoms with Gasteiger partial charge in [-0.1, -0.05) is 6.42 Å². The molecule has 1 aliphatic carbocycles. The number of ether oxygens (including phenoxy) is 2. The molecule has 4 nitrogen and oxygen atoms in total. The first-order valence-corrected chi connectivity index (χ1v) is 7.32. The van der Waals surface area contributed by atoms with Gasteiger partial charge in [0.05, 0.1) is 5.60 Å². The molecule has 0 spiro atoms. The highest BCUT2D eigenvalue weighted by atomic mass is 16.5. The monoisotopic (exact) mass is 257 g/mol. The third-order valence-electron chi connectivity index (χ3n) is 4.58. The minimum atomic E-state index is -0.623. The Morgan fingerprint density at radius 2 is 2.06 bits per heavy atom. The lowest BCUT2D eigenvalue weighted by Crippen LogP contribution is -2.41. The molecule has 0 aromatic carbocycles. The quantitative estimate of drug-likeness (QED) is 0.704. The fraction of sp³-hybridized carbons (Fsp3) is 1.00. The van der Waals surface area contributed by atoms with Gasteiger partial charge in [-0.2, -0.15) is 0 Å². The number of rotatable bonds is 6. The third-order valence-corrected chi connectivity index (χ3v) is 4.58. The van der Waals surface area contributed by atoms with Crippen molar-refractivity contribution in [3.63, 3.8) is 0 Å².